The van der Waals surface area contributed by atoms with Crippen molar-refractivity contribution in [2.45, 2.75) is 12.5 Å². The molecule has 1 aliphatic heterocycles. The number of halogens is 1. The van der Waals surface area contributed by atoms with E-state index in [0.717, 1.165) is 26.3 Å². The third kappa shape index (κ3) is 4.63. The normalized spacial score (nSPS) is 16.7. The predicted molar refractivity (Wildman–Crippen MR) is 92.6 cm³/mol. The molecule has 1 amide bonds. The largest absolute Gasteiger partial charge is 0.379 e. The molecule has 1 aromatic heterocycles. The molecular weight excluding hydrogens is 327 g/mol. The van der Waals surface area contributed by atoms with Gasteiger partial charge in [0.15, 0.2) is 0 Å². The molecule has 0 bridgehead atoms. The number of rotatable bonds is 6. The molecule has 1 aromatic carbocycles. The van der Waals surface area contributed by atoms with E-state index in [4.69, 9.17) is 4.74 Å². The summed E-state index contributed by atoms with van der Waals surface area (Å²) < 4.78 is 18.6. The lowest BCUT2D eigenvalue weighted by atomic mass is 10.1. The lowest BCUT2D eigenvalue weighted by Crippen LogP contribution is -2.43. The number of thiophene rings is 1. The van der Waals surface area contributed by atoms with Gasteiger partial charge in [-0.05, 0) is 29.1 Å². The van der Waals surface area contributed by atoms with Crippen LogP contribution >= 0.6 is 11.3 Å². The quantitative estimate of drug-likeness (QED) is 0.873. The van der Waals surface area contributed by atoms with Gasteiger partial charge in [0.25, 0.3) is 0 Å². The SMILES string of the molecule is O=C(Cc1cccc(F)c1)NC[C@H](c1cccs1)N1CCOCC1. The molecule has 2 aromatic rings. The Balaban J connectivity index is 1.59. The molecule has 2 heterocycles. The number of nitrogens with zero attached hydrogens (tertiary/aromatic N) is 1. The second-order valence-electron chi connectivity index (χ2n) is 5.79. The van der Waals surface area contributed by atoms with Gasteiger partial charge in [-0.15, -0.1) is 11.3 Å². The van der Waals surface area contributed by atoms with Gasteiger partial charge in [0.05, 0.1) is 25.7 Å². The van der Waals surface area contributed by atoms with Crippen LogP contribution in [-0.4, -0.2) is 43.7 Å². The fourth-order valence-corrected chi connectivity index (χ4v) is 3.75. The van der Waals surface area contributed by atoms with Crippen molar-refractivity contribution >= 4 is 17.2 Å². The van der Waals surface area contributed by atoms with Gasteiger partial charge in [0.2, 0.25) is 5.91 Å². The minimum atomic E-state index is -0.315. The van der Waals surface area contributed by atoms with Crippen molar-refractivity contribution in [2.24, 2.45) is 0 Å². The van der Waals surface area contributed by atoms with Crippen molar-refractivity contribution in [1.82, 2.24) is 10.2 Å². The molecular formula is C18H21FN2O2S. The number of carbonyl (C=O) groups excluding carboxylic acids is 1. The Morgan fingerprint density at radius 1 is 1.29 bits per heavy atom. The van der Waals surface area contributed by atoms with Crippen LogP contribution in [0.4, 0.5) is 4.39 Å². The molecule has 6 heteroatoms. The first kappa shape index (κ1) is 17.1. The molecule has 3 rings (SSSR count). The summed E-state index contributed by atoms with van der Waals surface area (Å²) in [5.41, 5.74) is 0.687. The first-order valence-corrected chi connectivity index (χ1v) is 8.96. The third-order valence-electron chi connectivity index (χ3n) is 4.10. The summed E-state index contributed by atoms with van der Waals surface area (Å²) in [5, 5.41) is 5.05. The van der Waals surface area contributed by atoms with Crippen LogP contribution in [0, 0.1) is 5.82 Å². The van der Waals surface area contributed by atoms with Gasteiger partial charge >= 0.3 is 0 Å². The van der Waals surface area contributed by atoms with E-state index in [1.54, 1.807) is 23.5 Å². The van der Waals surface area contributed by atoms with Gasteiger partial charge in [0, 0.05) is 24.5 Å². The van der Waals surface area contributed by atoms with Crippen LogP contribution in [0.25, 0.3) is 0 Å². The average Bonchev–Trinajstić information content (AvgIpc) is 3.10. The molecule has 0 radical (unpaired) electrons. The number of hydrogen-bond donors (Lipinski definition) is 1. The van der Waals surface area contributed by atoms with Crippen LogP contribution in [-0.2, 0) is 16.0 Å². The summed E-state index contributed by atoms with van der Waals surface area (Å²) in [4.78, 5) is 15.8. The van der Waals surface area contributed by atoms with Crippen molar-refractivity contribution < 1.29 is 13.9 Å². The number of hydrogen-bond acceptors (Lipinski definition) is 4. The fourth-order valence-electron chi connectivity index (χ4n) is 2.88. The second kappa shape index (κ2) is 8.37. The maximum absolute atomic E-state index is 13.2. The van der Waals surface area contributed by atoms with Crippen molar-refractivity contribution in [3.8, 4) is 0 Å². The molecule has 1 atom stereocenters. The molecule has 1 N–H and O–H groups in total. The van der Waals surface area contributed by atoms with E-state index < -0.39 is 0 Å². The number of benzene rings is 1. The van der Waals surface area contributed by atoms with Crippen molar-refractivity contribution in [3.63, 3.8) is 0 Å². The fraction of sp³-hybridized carbons (Fsp3) is 0.389. The minimum Gasteiger partial charge on any atom is -0.379 e. The average molecular weight is 348 g/mol. The summed E-state index contributed by atoms with van der Waals surface area (Å²) in [6.07, 6.45) is 0.192. The highest BCUT2D eigenvalue weighted by atomic mass is 32.1. The Hall–Kier alpha value is -1.76. The van der Waals surface area contributed by atoms with Gasteiger partial charge in [0.1, 0.15) is 5.82 Å². The van der Waals surface area contributed by atoms with Gasteiger partial charge in [-0.3, -0.25) is 9.69 Å². The summed E-state index contributed by atoms with van der Waals surface area (Å²) in [7, 11) is 0. The molecule has 128 valence electrons. The summed E-state index contributed by atoms with van der Waals surface area (Å²) in [6.45, 7) is 3.72. The first-order valence-electron chi connectivity index (χ1n) is 8.09. The van der Waals surface area contributed by atoms with E-state index in [0.29, 0.717) is 12.1 Å². The summed E-state index contributed by atoms with van der Waals surface area (Å²) in [6, 6.07) is 10.5. The van der Waals surface area contributed by atoms with Crippen LogP contribution in [0.15, 0.2) is 41.8 Å². The van der Waals surface area contributed by atoms with Gasteiger partial charge in [-0.25, -0.2) is 4.39 Å². The number of carbonyl (C=O) groups is 1. The van der Waals surface area contributed by atoms with Crippen molar-refractivity contribution in [2.75, 3.05) is 32.8 Å². The van der Waals surface area contributed by atoms with Crippen LogP contribution in [0.3, 0.4) is 0 Å². The Morgan fingerprint density at radius 2 is 2.12 bits per heavy atom. The van der Waals surface area contributed by atoms with Crippen LogP contribution < -0.4 is 5.32 Å². The Kier molecular flexibility index (Phi) is 5.96. The number of amides is 1. The molecule has 24 heavy (non-hydrogen) atoms. The van der Waals surface area contributed by atoms with E-state index in [1.165, 1.54) is 17.0 Å². The zero-order chi connectivity index (χ0) is 16.8. The van der Waals surface area contributed by atoms with Gasteiger partial charge in [-0.1, -0.05) is 18.2 Å². The van der Waals surface area contributed by atoms with Gasteiger partial charge < -0.3 is 10.1 Å². The number of morpholine rings is 1. The van der Waals surface area contributed by atoms with Crippen molar-refractivity contribution in [1.29, 1.82) is 0 Å². The molecule has 0 unspecified atom stereocenters. The summed E-state index contributed by atoms with van der Waals surface area (Å²) in [5.74, 6) is -0.402. The van der Waals surface area contributed by atoms with Crippen LogP contribution in [0.5, 0.6) is 0 Å². The zero-order valence-electron chi connectivity index (χ0n) is 13.4. The van der Waals surface area contributed by atoms with Crippen molar-refractivity contribution in [3.05, 3.63) is 58.0 Å². The maximum atomic E-state index is 13.2. The monoisotopic (exact) mass is 348 g/mol. The lowest BCUT2D eigenvalue weighted by molar-refractivity contribution is -0.120. The maximum Gasteiger partial charge on any atom is 0.224 e. The highest BCUT2D eigenvalue weighted by Crippen LogP contribution is 2.25. The molecule has 0 aliphatic carbocycles. The topological polar surface area (TPSA) is 41.6 Å². The molecule has 1 saturated heterocycles. The molecule has 0 spiro atoms. The molecule has 1 fully saturated rings. The lowest BCUT2D eigenvalue weighted by Gasteiger charge is -2.34. The van der Waals surface area contributed by atoms with E-state index >= 15 is 0 Å². The Bertz CT molecular complexity index is 657. The number of ether oxygens (including phenoxy) is 1. The minimum absolute atomic E-state index is 0.0876. The zero-order valence-corrected chi connectivity index (χ0v) is 14.2. The number of nitrogens with one attached hydrogen (secondary N) is 1. The summed E-state index contributed by atoms with van der Waals surface area (Å²) >= 11 is 1.70. The highest BCUT2D eigenvalue weighted by molar-refractivity contribution is 7.10. The van der Waals surface area contributed by atoms with Crippen LogP contribution in [0.1, 0.15) is 16.5 Å². The Morgan fingerprint density at radius 3 is 2.83 bits per heavy atom. The molecule has 0 saturated carbocycles. The first-order chi connectivity index (χ1) is 11.7. The van der Waals surface area contributed by atoms with E-state index in [9.17, 15) is 9.18 Å². The van der Waals surface area contributed by atoms with E-state index in [2.05, 4.69) is 21.7 Å². The smallest absolute Gasteiger partial charge is 0.224 e. The second-order valence-corrected chi connectivity index (χ2v) is 6.77. The predicted octanol–water partition coefficient (Wildman–Crippen LogP) is 2.62. The third-order valence-corrected chi connectivity index (χ3v) is 5.08. The van der Waals surface area contributed by atoms with Crippen LogP contribution in [0.2, 0.25) is 0 Å². The van der Waals surface area contributed by atoms with E-state index in [-0.39, 0.29) is 24.2 Å². The molecule has 1 aliphatic rings. The van der Waals surface area contributed by atoms with Gasteiger partial charge in [-0.2, -0.15) is 0 Å². The highest BCUT2D eigenvalue weighted by Gasteiger charge is 2.23. The standard InChI is InChI=1S/C18H21FN2O2S/c19-15-4-1-3-14(11-15)12-18(22)20-13-16(17-5-2-10-24-17)21-6-8-23-9-7-21/h1-5,10-11,16H,6-9,12-13H2,(H,20,22)/t16-/m1/s1. The molecule has 4 nitrogen and oxygen atoms in total. The van der Waals surface area contributed by atoms with E-state index in [1.807, 2.05) is 6.07 Å². The Labute approximate surface area is 145 Å².